The summed E-state index contributed by atoms with van der Waals surface area (Å²) in [6, 6.07) is 11.4. The molecule has 1 aromatic carbocycles. The van der Waals surface area contributed by atoms with Gasteiger partial charge in [-0.15, -0.1) is 0 Å². The largest absolute Gasteiger partial charge is 0.480 e. The highest BCUT2D eigenvalue weighted by Crippen LogP contribution is 2.27. The molecule has 1 aromatic heterocycles. The molecule has 6 nitrogen and oxygen atoms in total. The minimum Gasteiger partial charge on any atom is -0.480 e. The Morgan fingerprint density at radius 2 is 1.91 bits per heavy atom. The van der Waals surface area contributed by atoms with Crippen molar-refractivity contribution in [3.63, 3.8) is 0 Å². The van der Waals surface area contributed by atoms with E-state index in [4.69, 9.17) is 5.11 Å². The number of anilines is 1. The van der Waals surface area contributed by atoms with E-state index in [-0.39, 0.29) is 17.9 Å². The number of hydrogen-bond donors (Lipinski definition) is 2. The van der Waals surface area contributed by atoms with Gasteiger partial charge in [0.2, 0.25) is 5.91 Å². The summed E-state index contributed by atoms with van der Waals surface area (Å²) in [6.07, 6.45) is 1.83. The third-order valence-corrected chi connectivity index (χ3v) is 3.36. The summed E-state index contributed by atoms with van der Waals surface area (Å²) in [6.45, 7) is 3.78. The molecule has 0 aliphatic heterocycles. The molecule has 1 amide bonds. The van der Waals surface area contributed by atoms with Crippen LogP contribution in [0.1, 0.15) is 25.8 Å². The zero-order chi connectivity index (χ0) is 16.2. The van der Waals surface area contributed by atoms with Crippen molar-refractivity contribution in [1.82, 2.24) is 9.78 Å². The summed E-state index contributed by atoms with van der Waals surface area (Å²) in [5, 5.41) is 15.4. The first-order valence-electron chi connectivity index (χ1n) is 6.97. The molecule has 0 atom stereocenters. The van der Waals surface area contributed by atoms with Gasteiger partial charge in [0, 0.05) is 18.7 Å². The van der Waals surface area contributed by atoms with Crippen molar-refractivity contribution in [3.8, 4) is 0 Å². The number of hydrogen-bond acceptors (Lipinski definition) is 3. The van der Waals surface area contributed by atoms with Crippen molar-refractivity contribution < 1.29 is 14.7 Å². The van der Waals surface area contributed by atoms with E-state index in [1.165, 1.54) is 10.9 Å². The fraction of sp³-hybridized carbons (Fsp3) is 0.312. The lowest BCUT2D eigenvalue weighted by Crippen LogP contribution is -2.26. The highest BCUT2D eigenvalue weighted by molar-refractivity contribution is 5.90. The molecular formula is C16H19N3O3. The van der Waals surface area contributed by atoms with Crippen LogP contribution in [0.4, 0.5) is 5.82 Å². The van der Waals surface area contributed by atoms with Crippen LogP contribution in [0.15, 0.2) is 42.6 Å². The molecule has 6 heteroatoms. The second kappa shape index (κ2) is 6.43. The molecule has 2 aromatic rings. The maximum atomic E-state index is 12.2. The van der Waals surface area contributed by atoms with Crippen LogP contribution in [0.3, 0.4) is 0 Å². The Morgan fingerprint density at radius 1 is 1.23 bits per heavy atom. The second-order valence-corrected chi connectivity index (χ2v) is 5.77. The van der Waals surface area contributed by atoms with Crippen molar-refractivity contribution in [2.45, 2.75) is 32.2 Å². The van der Waals surface area contributed by atoms with Gasteiger partial charge in [0.1, 0.15) is 6.54 Å². The molecule has 2 rings (SSSR count). The highest BCUT2D eigenvalue weighted by atomic mass is 16.4. The van der Waals surface area contributed by atoms with Crippen LogP contribution in [0.2, 0.25) is 0 Å². The van der Waals surface area contributed by atoms with Crippen molar-refractivity contribution in [1.29, 1.82) is 0 Å². The fourth-order valence-electron chi connectivity index (χ4n) is 2.23. The van der Waals surface area contributed by atoms with Crippen LogP contribution >= 0.6 is 0 Å². The molecule has 0 saturated heterocycles. The van der Waals surface area contributed by atoms with Crippen molar-refractivity contribution in [2.24, 2.45) is 0 Å². The molecule has 2 N–H and O–H groups in total. The fourth-order valence-corrected chi connectivity index (χ4v) is 2.23. The number of carbonyl (C=O) groups excluding carboxylic acids is 1. The van der Waals surface area contributed by atoms with Crippen LogP contribution in [0.25, 0.3) is 0 Å². The predicted octanol–water partition coefficient (Wildman–Crippen LogP) is 2.27. The lowest BCUT2D eigenvalue weighted by Gasteiger charge is -2.24. The first-order valence-corrected chi connectivity index (χ1v) is 6.97. The first kappa shape index (κ1) is 15.8. The maximum absolute atomic E-state index is 12.2. The van der Waals surface area contributed by atoms with E-state index in [0.717, 1.165) is 5.56 Å². The lowest BCUT2D eigenvalue weighted by molar-refractivity contribution is -0.137. The number of carboxylic acids is 1. The minimum atomic E-state index is -0.980. The van der Waals surface area contributed by atoms with Gasteiger partial charge in [0.15, 0.2) is 5.82 Å². The van der Waals surface area contributed by atoms with Crippen molar-refractivity contribution in [3.05, 3.63) is 48.2 Å². The third-order valence-electron chi connectivity index (χ3n) is 3.36. The number of nitrogens with zero attached hydrogens (tertiary/aromatic N) is 2. The molecule has 0 bridgehead atoms. The Labute approximate surface area is 128 Å². The lowest BCUT2D eigenvalue weighted by atomic mass is 9.81. The van der Waals surface area contributed by atoms with Crippen LogP contribution < -0.4 is 5.32 Å². The van der Waals surface area contributed by atoms with Crippen molar-refractivity contribution in [2.75, 3.05) is 5.32 Å². The number of nitrogens with one attached hydrogen (secondary N) is 1. The van der Waals surface area contributed by atoms with Gasteiger partial charge >= 0.3 is 5.97 Å². The third kappa shape index (κ3) is 4.18. The summed E-state index contributed by atoms with van der Waals surface area (Å²) in [4.78, 5) is 22.8. The van der Waals surface area contributed by atoms with E-state index in [0.29, 0.717) is 12.2 Å². The normalized spacial score (nSPS) is 11.2. The molecule has 116 valence electrons. The Morgan fingerprint density at radius 3 is 2.55 bits per heavy atom. The number of rotatable bonds is 6. The van der Waals surface area contributed by atoms with E-state index in [1.807, 2.05) is 44.2 Å². The van der Waals surface area contributed by atoms with Gasteiger partial charge in [-0.25, -0.2) is 0 Å². The number of aliphatic carboxylic acids is 1. The van der Waals surface area contributed by atoms with E-state index in [9.17, 15) is 9.59 Å². The van der Waals surface area contributed by atoms with Crippen LogP contribution in [-0.2, 0) is 21.5 Å². The number of benzene rings is 1. The zero-order valence-electron chi connectivity index (χ0n) is 12.6. The molecule has 0 radical (unpaired) electrons. The summed E-state index contributed by atoms with van der Waals surface area (Å²) >= 11 is 0. The first-order chi connectivity index (χ1) is 10.4. The van der Waals surface area contributed by atoms with Gasteiger partial charge in [-0.3, -0.25) is 14.3 Å². The number of carbonyl (C=O) groups is 2. The number of aromatic nitrogens is 2. The van der Waals surface area contributed by atoms with E-state index >= 15 is 0 Å². The molecule has 0 spiro atoms. The highest BCUT2D eigenvalue weighted by Gasteiger charge is 2.24. The summed E-state index contributed by atoms with van der Waals surface area (Å²) in [5.41, 5.74) is 0.788. The maximum Gasteiger partial charge on any atom is 0.325 e. The molecule has 0 saturated carbocycles. The summed E-state index contributed by atoms with van der Waals surface area (Å²) in [7, 11) is 0. The summed E-state index contributed by atoms with van der Waals surface area (Å²) in [5.74, 6) is -0.782. The van der Waals surface area contributed by atoms with Gasteiger partial charge in [-0.05, 0) is 11.0 Å². The Balaban J connectivity index is 1.98. The van der Waals surface area contributed by atoms with Gasteiger partial charge in [-0.1, -0.05) is 44.2 Å². The Bertz CT molecular complexity index is 662. The van der Waals surface area contributed by atoms with E-state index in [1.54, 1.807) is 6.07 Å². The monoisotopic (exact) mass is 301 g/mol. The standard InChI is InChI=1S/C16H19N3O3/c1-16(2,12-6-4-3-5-7-12)10-14(20)17-13-8-9-19(18-13)11-15(21)22/h3-9H,10-11H2,1-2H3,(H,21,22)(H,17,18,20). The van der Waals surface area contributed by atoms with Crippen molar-refractivity contribution >= 4 is 17.7 Å². The van der Waals surface area contributed by atoms with E-state index in [2.05, 4.69) is 10.4 Å². The molecule has 0 aliphatic carbocycles. The van der Waals surface area contributed by atoms with E-state index < -0.39 is 5.97 Å². The predicted molar refractivity (Wildman–Crippen MR) is 82.6 cm³/mol. The molecule has 0 unspecified atom stereocenters. The van der Waals surface area contributed by atoms with Crippen LogP contribution in [-0.4, -0.2) is 26.8 Å². The minimum absolute atomic E-state index is 0.158. The van der Waals surface area contributed by atoms with Gasteiger partial charge in [0.05, 0.1) is 0 Å². The average Bonchev–Trinajstić information content (AvgIpc) is 2.85. The van der Waals surface area contributed by atoms with Gasteiger partial charge in [-0.2, -0.15) is 5.10 Å². The zero-order valence-corrected chi connectivity index (χ0v) is 12.6. The molecule has 0 aliphatic rings. The topological polar surface area (TPSA) is 84.2 Å². The number of amides is 1. The van der Waals surface area contributed by atoms with Gasteiger partial charge in [0.25, 0.3) is 0 Å². The quantitative estimate of drug-likeness (QED) is 0.857. The average molecular weight is 301 g/mol. The van der Waals surface area contributed by atoms with Crippen LogP contribution in [0, 0.1) is 0 Å². The Hall–Kier alpha value is -2.63. The summed E-state index contributed by atoms with van der Waals surface area (Å²) < 4.78 is 1.26. The van der Waals surface area contributed by atoms with Gasteiger partial charge < -0.3 is 10.4 Å². The molecule has 22 heavy (non-hydrogen) atoms. The number of carboxylic acid groups (broad SMARTS) is 1. The van der Waals surface area contributed by atoms with Crippen LogP contribution in [0.5, 0.6) is 0 Å². The second-order valence-electron chi connectivity index (χ2n) is 5.77. The molecule has 1 heterocycles. The Kier molecular flexibility index (Phi) is 4.60. The SMILES string of the molecule is CC(C)(CC(=O)Nc1ccn(CC(=O)O)n1)c1ccccc1. The molecular weight excluding hydrogens is 282 g/mol. The molecule has 0 fully saturated rings. The smallest absolute Gasteiger partial charge is 0.325 e.